The Labute approximate surface area is 161 Å². The molecule has 0 bridgehead atoms. The van der Waals surface area contributed by atoms with Crippen LogP contribution in [-0.2, 0) is 13.2 Å². The number of pyridine rings is 1. The van der Waals surface area contributed by atoms with Crippen LogP contribution in [0.15, 0.2) is 36.4 Å². The topological polar surface area (TPSA) is 74.2 Å². The highest BCUT2D eigenvalue weighted by Crippen LogP contribution is 2.45. The minimum atomic E-state index is 0.251. The Balaban J connectivity index is 2.06. The van der Waals surface area contributed by atoms with Crippen molar-refractivity contribution in [3.63, 3.8) is 0 Å². The maximum atomic E-state index is 6.49. The second-order valence-corrected chi connectivity index (χ2v) is 7.14. The lowest BCUT2D eigenvalue weighted by Gasteiger charge is -2.26. The van der Waals surface area contributed by atoms with Crippen LogP contribution in [0.25, 0.3) is 22.4 Å². The molecule has 0 saturated carbocycles. The van der Waals surface area contributed by atoms with E-state index in [0.717, 1.165) is 44.8 Å². The van der Waals surface area contributed by atoms with Crippen molar-refractivity contribution in [3.8, 4) is 28.1 Å². The number of nitrogen functional groups attached to an aromatic ring is 1. The average Bonchev–Trinajstić information content (AvgIpc) is 2.61. The van der Waals surface area contributed by atoms with Gasteiger partial charge in [-0.05, 0) is 31.2 Å². The molecule has 0 radical (unpaired) electrons. The van der Waals surface area contributed by atoms with Crippen LogP contribution in [0.3, 0.4) is 0 Å². The first-order valence-corrected chi connectivity index (χ1v) is 8.95. The molecule has 132 valence electrons. The normalized spacial score (nSPS) is 12.3. The molecule has 0 fully saturated rings. The molecular formula is C20H17Cl2N3O. The monoisotopic (exact) mass is 385 g/mol. The molecular weight excluding hydrogens is 369 g/mol. The fourth-order valence-electron chi connectivity index (χ4n) is 3.38. The first-order chi connectivity index (χ1) is 12.5. The van der Waals surface area contributed by atoms with Crippen molar-refractivity contribution in [2.75, 3.05) is 5.73 Å². The van der Waals surface area contributed by atoms with Crippen LogP contribution in [0, 0.1) is 6.92 Å². The lowest BCUT2D eigenvalue weighted by atomic mass is 9.90. The second kappa shape index (κ2) is 6.47. The molecule has 1 aliphatic rings. The molecule has 2 heterocycles. The van der Waals surface area contributed by atoms with Crippen molar-refractivity contribution in [2.24, 2.45) is 5.73 Å². The molecule has 0 atom stereocenters. The number of aryl methyl sites for hydroxylation is 1. The van der Waals surface area contributed by atoms with Crippen LogP contribution in [0.2, 0.25) is 10.0 Å². The molecule has 4 nitrogen and oxygen atoms in total. The minimum Gasteiger partial charge on any atom is -0.488 e. The summed E-state index contributed by atoms with van der Waals surface area (Å²) in [6, 6.07) is 11.4. The van der Waals surface area contributed by atoms with Gasteiger partial charge in [0.05, 0.1) is 5.69 Å². The van der Waals surface area contributed by atoms with E-state index in [2.05, 4.69) is 11.1 Å². The van der Waals surface area contributed by atoms with E-state index < -0.39 is 0 Å². The highest BCUT2D eigenvalue weighted by molar-refractivity contribution is 6.36. The summed E-state index contributed by atoms with van der Waals surface area (Å²) in [7, 11) is 0. The Hall–Kier alpha value is -2.27. The average molecular weight is 386 g/mol. The number of ether oxygens (including phenoxy) is 1. The first-order valence-electron chi connectivity index (χ1n) is 8.20. The SMILES string of the molecule is Cc1ccc2c(c1)-c1nc(N)c(CN)c(-c3ccc(Cl)cc3Cl)c1CO2. The zero-order valence-electron chi connectivity index (χ0n) is 14.1. The van der Waals surface area contributed by atoms with E-state index in [4.69, 9.17) is 39.4 Å². The van der Waals surface area contributed by atoms with E-state index in [1.54, 1.807) is 12.1 Å². The minimum absolute atomic E-state index is 0.251. The molecule has 0 saturated heterocycles. The number of rotatable bonds is 2. The number of anilines is 1. The van der Waals surface area contributed by atoms with Gasteiger partial charge in [0.1, 0.15) is 18.2 Å². The molecule has 0 spiro atoms. The number of fused-ring (bicyclic) bond motifs is 3. The van der Waals surface area contributed by atoms with Gasteiger partial charge in [-0.3, -0.25) is 0 Å². The summed E-state index contributed by atoms with van der Waals surface area (Å²) in [6.07, 6.45) is 0. The van der Waals surface area contributed by atoms with Crippen LogP contribution in [-0.4, -0.2) is 4.98 Å². The third-order valence-corrected chi connectivity index (χ3v) is 5.15. The number of hydrogen-bond acceptors (Lipinski definition) is 4. The van der Waals surface area contributed by atoms with E-state index >= 15 is 0 Å². The third kappa shape index (κ3) is 2.71. The molecule has 26 heavy (non-hydrogen) atoms. The highest BCUT2D eigenvalue weighted by atomic mass is 35.5. The number of nitrogens with zero attached hydrogens (tertiary/aromatic N) is 1. The van der Waals surface area contributed by atoms with Crippen LogP contribution in [0.1, 0.15) is 16.7 Å². The van der Waals surface area contributed by atoms with Crippen molar-refractivity contribution in [1.29, 1.82) is 0 Å². The van der Waals surface area contributed by atoms with E-state index in [1.165, 1.54) is 0 Å². The summed E-state index contributed by atoms with van der Waals surface area (Å²) >= 11 is 12.6. The smallest absolute Gasteiger partial charge is 0.129 e. The molecule has 4 rings (SSSR count). The molecule has 0 aliphatic carbocycles. The van der Waals surface area contributed by atoms with Crippen LogP contribution >= 0.6 is 23.2 Å². The number of halogens is 2. The summed E-state index contributed by atoms with van der Waals surface area (Å²) < 4.78 is 5.98. The van der Waals surface area contributed by atoms with Gasteiger partial charge in [0.15, 0.2) is 0 Å². The van der Waals surface area contributed by atoms with Crippen molar-refractivity contribution in [2.45, 2.75) is 20.1 Å². The Morgan fingerprint density at radius 2 is 1.92 bits per heavy atom. The highest BCUT2D eigenvalue weighted by Gasteiger charge is 2.26. The van der Waals surface area contributed by atoms with Gasteiger partial charge in [0.2, 0.25) is 0 Å². The molecule has 1 aromatic heterocycles. The Kier molecular flexibility index (Phi) is 4.27. The maximum Gasteiger partial charge on any atom is 0.129 e. The molecule has 3 aromatic rings. The standard InChI is InChI=1S/C20H17Cl2N3O/c1-10-2-5-17-13(6-10)19-15(9-26-17)18(14(8-23)20(24)25-19)12-4-3-11(21)7-16(12)22/h2-7H,8-9,23H2,1H3,(H2,24,25). The van der Waals surface area contributed by atoms with Gasteiger partial charge < -0.3 is 16.2 Å². The number of nitrogens with two attached hydrogens (primary N) is 2. The number of benzene rings is 2. The van der Waals surface area contributed by atoms with Crippen LogP contribution in [0.5, 0.6) is 5.75 Å². The summed E-state index contributed by atoms with van der Waals surface area (Å²) in [5.74, 6) is 1.20. The molecule has 6 heteroatoms. The summed E-state index contributed by atoms with van der Waals surface area (Å²) in [4.78, 5) is 4.65. The lowest BCUT2D eigenvalue weighted by Crippen LogP contribution is -2.15. The Bertz CT molecular complexity index is 1030. The fraction of sp³-hybridized carbons (Fsp3) is 0.150. The summed E-state index contributed by atoms with van der Waals surface area (Å²) in [6.45, 7) is 2.66. The number of aromatic nitrogens is 1. The van der Waals surface area contributed by atoms with Crippen molar-refractivity contribution in [1.82, 2.24) is 4.98 Å². The lowest BCUT2D eigenvalue weighted by molar-refractivity contribution is 0.302. The first kappa shape index (κ1) is 17.2. The quantitative estimate of drug-likeness (QED) is 0.653. The van der Waals surface area contributed by atoms with Crippen LogP contribution in [0.4, 0.5) is 5.82 Å². The van der Waals surface area contributed by atoms with Crippen molar-refractivity contribution >= 4 is 29.0 Å². The van der Waals surface area contributed by atoms with Gasteiger partial charge in [-0.25, -0.2) is 4.98 Å². The molecule has 0 amide bonds. The maximum absolute atomic E-state index is 6.49. The Morgan fingerprint density at radius 1 is 1.12 bits per heavy atom. The van der Waals surface area contributed by atoms with Gasteiger partial charge in [-0.1, -0.05) is 40.9 Å². The van der Waals surface area contributed by atoms with E-state index in [-0.39, 0.29) is 6.54 Å². The predicted octanol–water partition coefficient (Wildman–Crippen LogP) is 4.96. The van der Waals surface area contributed by atoms with Crippen LogP contribution < -0.4 is 16.2 Å². The largest absolute Gasteiger partial charge is 0.488 e. The Morgan fingerprint density at radius 3 is 2.65 bits per heavy atom. The van der Waals surface area contributed by atoms with Crippen molar-refractivity contribution < 1.29 is 4.74 Å². The van der Waals surface area contributed by atoms with Gasteiger partial charge in [-0.15, -0.1) is 0 Å². The molecule has 2 aromatic carbocycles. The van der Waals surface area contributed by atoms with Gasteiger partial charge in [0, 0.05) is 44.4 Å². The second-order valence-electron chi connectivity index (χ2n) is 6.29. The van der Waals surface area contributed by atoms with Gasteiger partial charge in [-0.2, -0.15) is 0 Å². The summed E-state index contributed by atoms with van der Waals surface area (Å²) in [5.41, 5.74) is 18.5. The van der Waals surface area contributed by atoms with Crippen molar-refractivity contribution in [3.05, 3.63) is 63.1 Å². The van der Waals surface area contributed by atoms with Gasteiger partial charge >= 0.3 is 0 Å². The molecule has 1 aliphatic heterocycles. The summed E-state index contributed by atoms with van der Waals surface area (Å²) in [5, 5.41) is 1.11. The van der Waals surface area contributed by atoms with E-state index in [0.29, 0.717) is 22.5 Å². The number of hydrogen-bond donors (Lipinski definition) is 2. The zero-order chi connectivity index (χ0) is 18.4. The van der Waals surface area contributed by atoms with E-state index in [1.807, 2.05) is 25.1 Å². The molecule has 4 N–H and O–H groups in total. The predicted molar refractivity (Wildman–Crippen MR) is 107 cm³/mol. The molecule has 0 unspecified atom stereocenters. The van der Waals surface area contributed by atoms with E-state index in [9.17, 15) is 0 Å². The fourth-order valence-corrected chi connectivity index (χ4v) is 3.88. The zero-order valence-corrected chi connectivity index (χ0v) is 15.7. The van der Waals surface area contributed by atoms with Gasteiger partial charge in [0.25, 0.3) is 0 Å². The third-order valence-electron chi connectivity index (χ3n) is 4.60.